The topological polar surface area (TPSA) is 63.6 Å². The van der Waals surface area contributed by atoms with E-state index in [-0.39, 0.29) is 17.5 Å². The van der Waals surface area contributed by atoms with Gasteiger partial charge in [0.25, 0.3) is 0 Å². The molecule has 0 radical (unpaired) electrons. The molecule has 0 heterocycles. The molecule has 0 bridgehead atoms. The molecule has 0 aliphatic heterocycles. The fraction of sp³-hybridized carbons (Fsp3) is 0.500. The molecule has 0 saturated carbocycles. The van der Waals surface area contributed by atoms with Gasteiger partial charge in [-0.3, -0.25) is 4.79 Å². The number of Topliss-reactive ketones (excluding diaryl/α,β-unsaturated/α-hetero) is 1. The number of carbonyl (C=O) groups excluding carboxylic acids is 2. The Morgan fingerprint density at radius 1 is 1.62 bits per heavy atom. The third-order valence-electron chi connectivity index (χ3n) is 1.22. The summed E-state index contributed by atoms with van der Waals surface area (Å²) in [7, 11) is 0. The molecule has 0 amide bonds. The first kappa shape index (κ1) is 12.3. The van der Waals surface area contributed by atoms with E-state index < -0.39 is 17.9 Å². The van der Waals surface area contributed by atoms with Crippen LogP contribution < -0.4 is 0 Å². The average Bonchev–Trinajstić information content (AvgIpc) is 2.11. The number of aliphatic hydroxyl groups excluding tert-OH is 1. The highest BCUT2D eigenvalue weighted by Gasteiger charge is 2.15. The van der Waals surface area contributed by atoms with Crippen molar-refractivity contribution in [1.82, 2.24) is 0 Å². The van der Waals surface area contributed by atoms with Gasteiger partial charge in [0.15, 0.2) is 5.78 Å². The molecule has 0 fully saturated rings. The molecule has 0 saturated heterocycles. The first-order valence-corrected chi connectivity index (χ1v) is 4.70. The van der Waals surface area contributed by atoms with Gasteiger partial charge in [-0.25, -0.2) is 4.79 Å². The molecule has 0 aromatic rings. The zero-order valence-electron chi connectivity index (χ0n) is 7.25. The largest absolute Gasteiger partial charge is 0.459 e. The summed E-state index contributed by atoms with van der Waals surface area (Å²) in [6.45, 7) is 4.51. The molecule has 0 aromatic heterocycles. The molecule has 5 heteroatoms. The maximum absolute atomic E-state index is 10.8. The van der Waals surface area contributed by atoms with Crippen molar-refractivity contribution in [1.29, 1.82) is 0 Å². The standard InChI is InChI=1S/C8H11BrO4/c1-5(2)8(12)13-4-7(11)6(10)3-9/h7,11H,1,3-4H2,2H3. The molecule has 1 atom stereocenters. The van der Waals surface area contributed by atoms with E-state index in [9.17, 15) is 9.59 Å². The number of aliphatic hydroxyl groups is 1. The highest BCUT2D eigenvalue weighted by Crippen LogP contribution is 1.96. The van der Waals surface area contributed by atoms with Crippen LogP contribution in [0.5, 0.6) is 0 Å². The Labute approximate surface area is 84.7 Å². The molecule has 13 heavy (non-hydrogen) atoms. The first-order chi connectivity index (χ1) is 5.99. The van der Waals surface area contributed by atoms with Gasteiger partial charge < -0.3 is 9.84 Å². The Morgan fingerprint density at radius 3 is 2.54 bits per heavy atom. The molecule has 4 nitrogen and oxygen atoms in total. The van der Waals surface area contributed by atoms with Gasteiger partial charge in [-0.1, -0.05) is 22.5 Å². The lowest BCUT2D eigenvalue weighted by Crippen LogP contribution is -2.28. The van der Waals surface area contributed by atoms with Crippen molar-refractivity contribution >= 4 is 27.7 Å². The fourth-order valence-corrected chi connectivity index (χ4v) is 0.834. The van der Waals surface area contributed by atoms with E-state index in [2.05, 4.69) is 27.2 Å². The number of rotatable bonds is 5. The quantitative estimate of drug-likeness (QED) is 0.437. The minimum atomic E-state index is -1.26. The van der Waals surface area contributed by atoms with Gasteiger partial charge >= 0.3 is 5.97 Å². The Morgan fingerprint density at radius 2 is 2.15 bits per heavy atom. The first-order valence-electron chi connectivity index (χ1n) is 3.58. The lowest BCUT2D eigenvalue weighted by atomic mass is 10.3. The second-order valence-electron chi connectivity index (χ2n) is 2.49. The number of hydrogen-bond donors (Lipinski definition) is 1. The van der Waals surface area contributed by atoms with Crippen molar-refractivity contribution in [3.63, 3.8) is 0 Å². The summed E-state index contributed by atoms with van der Waals surface area (Å²) < 4.78 is 4.56. The van der Waals surface area contributed by atoms with Gasteiger partial charge in [0.1, 0.15) is 12.7 Å². The second-order valence-corrected chi connectivity index (χ2v) is 3.06. The van der Waals surface area contributed by atoms with E-state index >= 15 is 0 Å². The monoisotopic (exact) mass is 250 g/mol. The molecule has 74 valence electrons. The van der Waals surface area contributed by atoms with E-state index in [1.807, 2.05) is 0 Å². The predicted molar refractivity (Wildman–Crippen MR) is 50.6 cm³/mol. The summed E-state index contributed by atoms with van der Waals surface area (Å²) in [6.07, 6.45) is -1.26. The van der Waals surface area contributed by atoms with E-state index in [1.165, 1.54) is 6.92 Å². The highest BCUT2D eigenvalue weighted by atomic mass is 79.9. The van der Waals surface area contributed by atoms with Crippen molar-refractivity contribution in [2.45, 2.75) is 13.0 Å². The molecule has 0 aliphatic rings. The lowest BCUT2D eigenvalue weighted by Gasteiger charge is -2.08. The van der Waals surface area contributed by atoms with E-state index in [1.54, 1.807) is 0 Å². The molecular formula is C8H11BrO4. The van der Waals surface area contributed by atoms with Gasteiger partial charge in [-0.15, -0.1) is 0 Å². The van der Waals surface area contributed by atoms with Crippen LogP contribution in [0.25, 0.3) is 0 Å². The zero-order chi connectivity index (χ0) is 10.4. The normalized spacial score (nSPS) is 11.9. The van der Waals surface area contributed by atoms with Gasteiger partial charge in [-0.2, -0.15) is 0 Å². The molecule has 1 N–H and O–H groups in total. The maximum atomic E-state index is 10.8. The van der Waals surface area contributed by atoms with Crippen molar-refractivity contribution in [3.8, 4) is 0 Å². The van der Waals surface area contributed by atoms with Crippen molar-refractivity contribution in [2.24, 2.45) is 0 Å². The van der Waals surface area contributed by atoms with E-state index in [4.69, 9.17) is 5.11 Å². The van der Waals surface area contributed by atoms with Crippen LogP contribution in [0.15, 0.2) is 12.2 Å². The molecule has 1 unspecified atom stereocenters. The Bertz CT molecular complexity index is 224. The average molecular weight is 251 g/mol. The third-order valence-corrected chi connectivity index (χ3v) is 1.78. The number of esters is 1. The van der Waals surface area contributed by atoms with Crippen LogP contribution >= 0.6 is 15.9 Å². The highest BCUT2D eigenvalue weighted by molar-refractivity contribution is 9.09. The van der Waals surface area contributed by atoms with Crippen LogP contribution in [0.3, 0.4) is 0 Å². The summed E-state index contributed by atoms with van der Waals surface area (Å²) in [4.78, 5) is 21.6. The number of halogens is 1. The Kier molecular flexibility index (Phi) is 5.57. The Hall–Kier alpha value is -0.680. The van der Waals surface area contributed by atoms with Crippen LogP contribution in [0, 0.1) is 0 Å². The van der Waals surface area contributed by atoms with Crippen molar-refractivity contribution in [2.75, 3.05) is 11.9 Å². The minimum Gasteiger partial charge on any atom is -0.459 e. The van der Waals surface area contributed by atoms with Gasteiger partial charge in [0.2, 0.25) is 0 Å². The third kappa shape index (κ3) is 4.80. The van der Waals surface area contributed by atoms with Gasteiger partial charge in [-0.05, 0) is 6.92 Å². The summed E-state index contributed by atoms with van der Waals surface area (Å²) in [5.41, 5.74) is 0.235. The second kappa shape index (κ2) is 5.88. The lowest BCUT2D eigenvalue weighted by molar-refractivity contribution is -0.144. The smallest absolute Gasteiger partial charge is 0.333 e. The Balaban J connectivity index is 3.83. The van der Waals surface area contributed by atoms with Gasteiger partial charge in [0, 0.05) is 5.57 Å². The van der Waals surface area contributed by atoms with E-state index in [0.29, 0.717) is 0 Å². The summed E-state index contributed by atoms with van der Waals surface area (Å²) in [5, 5.41) is 9.10. The summed E-state index contributed by atoms with van der Waals surface area (Å²) in [6, 6.07) is 0. The predicted octanol–water partition coefficient (Wildman–Crippen LogP) is 0.431. The summed E-state index contributed by atoms with van der Waals surface area (Å²) in [5.74, 6) is -1.03. The van der Waals surface area contributed by atoms with Gasteiger partial charge in [0.05, 0.1) is 5.33 Å². The van der Waals surface area contributed by atoms with Crippen LogP contribution in [-0.4, -0.2) is 34.9 Å². The van der Waals surface area contributed by atoms with Crippen molar-refractivity contribution < 1.29 is 19.4 Å². The van der Waals surface area contributed by atoms with Crippen LogP contribution in [-0.2, 0) is 14.3 Å². The molecule has 0 aromatic carbocycles. The minimum absolute atomic E-state index is 0.0405. The molecule has 0 aliphatic carbocycles. The van der Waals surface area contributed by atoms with Crippen LogP contribution in [0.2, 0.25) is 0 Å². The summed E-state index contributed by atoms with van der Waals surface area (Å²) >= 11 is 2.88. The number of hydrogen-bond acceptors (Lipinski definition) is 4. The van der Waals surface area contributed by atoms with Crippen molar-refractivity contribution in [3.05, 3.63) is 12.2 Å². The van der Waals surface area contributed by atoms with Crippen LogP contribution in [0.1, 0.15) is 6.92 Å². The van der Waals surface area contributed by atoms with Crippen LogP contribution in [0.4, 0.5) is 0 Å². The number of ketones is 1. The number of carbonyl (C=O) groups is 2. The SMILES string of the molecule is C=C(C)C(=O)OCC(O)C(=O)CBr. The fourth-order valence-electron chi connectivity index (χ4n) is 0.460. The molecular weight excluding hydrogens is 240 g/mol. The number of ether oxygens (including phenoxy) is 1. The van der Waals surface area contributed by atoms with E-state index in [0.717, 1.165) is 0 Å². The number of alkyl halides is 1. The molecule has 0 spiro atoms. The molecule has 0 rings (SSSR count). The zero-order valence-corrected chi connectivity index (χ0v) is 8.83. The maximum Gasteiger partial charge on any atom is 0.333 e.